The van der Waals surface area contributed by atoms with E-state index in [1.165, 1.54) is 50.3 Å². The lowest BCUT2D eigenvalue weighted by Gasteiger charge is -2.14. The Morgan fingerprint density at radius 3 is 1.72 bits per heavy atom. The van der Waals surface area contributed by atoms with E-state index in [1.807, 2.05) is 0 Å². The summed E-state index contributed by atoms with van der Waals surface area (Å²) in [6.45, 7) is -0.488. The number of amides is 1. The average Bonchev–Trinajstić information content (AvgIpc) is 2.93. The lowest BCUT2D eigenvalue weighted by atomic mass is 9.95. The van der Waals surface area contributed by atoms with Crippen molar-refractivity contribution in [1.29, 1.82) is 0 Å². The zero-order valence-corrected chi connectivity index (χ0v) is 15.9. The summed E-state index contributed by atoms with van der Waals surface area (Å²) in [5.74, 6) is -0.417. The Hall–Kier alpha value is -3.65. The molecule has 4 aromatic rings. The van der Waals surface area contributed by atoms with Gasteiger partial charge in [-0.25, -0.2) is 0 Å². The molecule has 0 aliphatic heterocycles. The van der Waals surface area contributed by atoms with Gasteiger partial charge in [-0.3, -0.25) is 28.5 Å². The maximum atomic E-state index is 13.1. The predicted octanol–water partition coefficient (Wildman–Crippen LogP) is -0.00480. The molecule has 1 aromatic heterocycles. The molecule has 0 unspecified atom stereocenters. The van der Waals surface area contributed by atoms with Gasteiger partial charge in [0, 0.05) is 48.3 Å². The van der Waals surface area contributed by atoms with Crippen LogP contribution in [-0.2, 0) is 13.7 Å². The molecule has 8 heteroatoms. The first-order valence-corrected chi connectivity index (χ1v) is 8.76. The van der Waals surface area contributed by atoms with E-state index in [4.69, 9.17) is 0 Å². The molecule has 0 atom stereocenters. The molecule has 1 heterocycles. The van der Waals surface area contributed by atoms with Crippen LogP contribution < -0.4 is 22.0 Å². The Kier molecular flexibility index (Phi) is 3.99. The van der Waals surface area contributed by atoms with Crippen LogP contribution in [0.3, 0.4) is 0 Å². The molecule has 0 aliphatic carbocycles. The molecular formula is C21H16N2O6. The number of benzene rings is 3. The number of nitrogens with zero attached hydrogens (tertiary/aromatic N) is 2. The Bertz CT molecular complexity index is 1570. The van der Waals surface area contributed by atoms with E-state index < -0.39 is 34.5 Å². The molecule has 0 bridgehead atoms. The molecule has 0 fully saturated rings. The van der Waals surface area contributed by atoms with Crippen molar-refractivity contribution in [1.82, 2.24) is 9.47 Å². The zero-order valence-electron chi connectivity index (χ0n) is 15.9. The highest BCUT2D eigenvalue weighted by Gasteiger charge is 2.20. The van der Waals surface area contributed by atoms with Crippen LogP contribution in [0.4, 0.5) is 0 Å². The van der Waals surface area contributed by atoms with E-state index >= 15 is 0 Å². The molecule has 146 valence electrons. The molecule has 8 nitrogen and oxygen atoms in total. The summed E-state index contributed by atoms with van der Waals surface area (Å²) in [6, 6.07) is 5.18. The van der Waals surface area contributed by atoms with Crippen molar-refractivity contribution in [2.45, 2.75) is 6.61 Å². The third-order valence-corrected chi connectivity index (χ3v) is 5.26. The molecule has 0 saturated carbocycles. The highest BCUT2D eigenvalue weighted by Crippen LogP contribution is 2.22. The smallest absolute Gasteiger partial charge is 0.261 e. The van der Waals surface area contributed by atoms with E-state index in [9.17, 15) is 29.1 Å². The number of fused-ring (bicyclic) bond motifs is 3. The molecule has 0 saturated heterocycles. The van der Waals surface area contributed by atoms with Crippen LogP contribution in [0.5, 0.6) is 0 Å². The molecule has 0 spiro atoms. The van der Waals surface area contributed by atoms with Crippen molar-refractivity contribution >= 4 is 38.2 Å². The molecule has 0 radical (unpaired) electrons. The predicted molar refractivity (Wildman–Crippen MR) is 109 cm³/mol. The van der Waals surface area contributed by atoms with Gasteiger partial charge in [0.1, 0.15) is 0 Å². The van der Waals surface area contributed by atoms with Gasteiger partial charge in [0.25, 0.3) is 17.0 Å². The quantitative estimate of drug-likeness (QED) is 0.480. The molecule has 0 aliphatic rings. The summed E-state index contributed by atoms with van der Waals surface area (Å²) >= 11 is 0. The number of carbonyl (C=O) groups is 1. The van der Waals surface area contributed by atoms with E-state index in [0.29, 0.717) is 0 Å². The lowest BCUT2D eigenvalue weighted by Crippen LogP contribution is -2.24. The second kappa shape index (κ2) is 6.18. The molecule has 1 amide bonds. The summed E-state index contributed by atoms with van der Waals surface area (Å²) in [5.41, 5.74) is -1.78. The van der Waals surface area contributed by atoms with Crippen molar-refractivity contribution in [2.24, 2.45) is 7.05 Å². The highest BCUT2D eigenvalue weighted by atomic mass is 16.3. The third-order valence-electron chi connectivity index (χ3n) is 5.26. The van der Waals surface area contributed by atoms with Crippen LogP contribution in [-0.4, -0.2) is 34.6 Å². The number of rotatable bonds is 2. The summed E-state index contributed by atoms with van der Waals surface area (Å²) in [5, 5.41) is 9.91. The molecule has 29 heavy (non-hydrogen) atoms. The minimum absolute atomic E-state index is 0.0118. The fraction of sp³-hybridized carbons (Fsp3) is 0.190. The molecule has 3 aromatic carbocycles. The first-order valence-electron chi connectivity index (χ1n) is 8.76. The van der Waals surface area contributed by atoms with Crippen LogP contribution >= 0.6 is 0 Å². The van der Waals surface area contributed by atoms with Crippen molar-refractivity contribution < 1.29 is 9.90 Å². The maximum absolute atomic E-state index is 13.1. The average molecular weight is 392 g/mol. The number of carbonyl (C=O) groups excluding carboxylic acids is 1. The number of hydrogen-bond acceptors (Lipinski definition) is 6. The van der Waals surface area contributed by atoms with Gasteiger partial charge >= 0.3 is 0 Å². The fourth-order valence-corrected chi connectivity index (χ4v) is 3.66. The van der Waals surface area contributed by atoms with Gasteiger partial charge < -0.3 is 10.0 Å². The van der Waals surface area contributed by atoms with Gasteiger partial charge in [-0.15, -0.1) is 0 Å². The van der Waals surface area contributed by atoms with Gasteiger partial charge in [-0.1, -0.05) is 0 Å². The maximum Gasteiger partial charge on any atom is 0.261 e. The van der Waals surface area contributed by atoms with Gasteiger partial charge in [0.2, 0.25) is 0 Å². The van der Waals surface area contributed by atoms with Crippen molar-refractivity contribution in [3.05, 3.63) is 76.5 Å². The van der Waals surface area contributed by atoms with Crippen LogP contribution in [0, 0.1) is 0 Å². The monoisotopic (exact) mass is 392 g/mol. The van der Waals surface area contributed by atoms with Gasteiger partial charge in [-0.2, -0.15) is 0 Å². The topological polar surface area (TPSA) is 114 Å². The van der Waals surface area contributed by atoms with Crippen LogP contribution in [0.25, 0.3) is 32.3 Å². The Morgan fingerprint density at radius 1 is 0.828 bits per heavy atom. The number of aliphatic hydroxyl groups is 1. The standard InChI is InChI=1S/C21H16N2O6/c1-22(2)19(27)10-5-12-11(4-9(10)8-24)17(25)13-6-15-16(7-14(13)18(12)26)21(29)23(3)20(15)28/h4-7,24H,8H2,1-3H3. The van der Waals surface area contributed by atoms with Gasteiger partial charge in [0.05, 0.1) is 17.4 Å². The Balaban J connectivity index is 2.24. The van der Waals surface area contributed by atoms with Crippen molar-refractivity contribution in [3.63, 3.8) is 0 Å². The SMILES string of the molecule is CN(C)C(=O)c1cc2c(=O)c3cc4c(=O)n(C)c(=O)c4cc3c(=O)c2cc1CO. The normalized spacial score (nSPS) is 11.6. The summed E-state index contributed by atoms with van der Waals surface area (Å²) in [7, 11) is 4.40. The minimum Gasteiger partial charge on any atom is -0.392 e. The third kappa shape index (κ3) is 2.46. The van der Waals surface area contributed by atoms with E-state index in [2.05, 4.69) is 0 Å². The van der Waals surface area contributed by atoms with Crippen LogP contribution in [0.15, 0.2) is 43.4 Å². The number of hydrogen-bond donors (Lipinski definition) is 1. The molecular weight excluding hydrogens is 376 g/mol. The summed E-state index contributed by atoms with van der Waals surface area (Å²) in [4.78, 5) is 64.4. The van der Waals surface area contributed by atoms with Gasteiger partial charge in [-0.05, 0) is 29.8 Å². The minimum atomic E-state index is -0.544. The van der Waals surface area contributed by atoms with Gasteiger partial charge in [0.15, 0.2) is 10.9 Å². The Morgan fingerprint density at radius 2 is 1.28 bits per heavy atom. The lowest BCUT2D eigenvalue weighted by molar-refractivity contribution is 0.0824. The largest absolute Gasteiger partial charge is 0.392 e. The molecule has 1 N–H and O–H groups in total. The first-order chi connectivity index (χ1) is 13.7. The molecule has 4 rings (SSSR count). The van der Waals surface area contributed by atoms with Crippen molar-refractivity contribution in [2.75, 3.05) is 14.1 Å². The van der Waals surface area contributed by atoms with E-state index in [1.54, 1.807) is 0 Å². The number of aromatic nitrogens is 1. The highest BCUT2D eigenvalue weighted by molar-refractivity contribution is 6.06. The van der Waals surface area contributed by atoms with E-state index in [-0.39, 0.29) is 43.4 Å². The number of aliphatic hydroxyl groups excluding tert-OH is 1. The first kappa shape index (κ1) is 18.7. The van der Waals surface area contributed by atoms with Crippen molar-refractivity contribution in [3.8, 4) is 0 Å². The summed E-state index contributed by atoms with van der Waals surface area (Å²) < 4.78 is 0.927. The Labute approximate surface area is 162 Å². The second-order valence-electron chi connectivity index (χ2n) is 7.18. The zero-order chi connectivity index (χ0) is 21.2. The summed E-state index contributed by atoms with van der Waals surface area (Å²) in [6.07, 6.45) is 0. The van der Waals surface area contributed by atoms with Crippen LogP contribution in [0.2, 0.25) is 0 Å². The van der Waals surface area contributed by atoms with Crippen LogP contribution in [0.1, 0.15) is 15.9 Å². The fourth-order valence-electron chi connectivity index (χ4n) is 3.66. The second-order valence-corrected chi connectivity index (χ2v) is 7.18. The van der Waals surface area contributed by atoms with E-state index in [0.717, 1.165) is 4.57 Å².